The van der Waals surface area contributed by atoms with E-state index in [1.165, 1.54) is 0 Å². The Labute approximate surface area is 125 Å². The van der Waals surface area contributed by atoms with Gasteiger partial charge in [-0.25, -0.2) is 0 Å². The van der Waals surface area contributed by atoms with Crippen LogP contribution >= 0.6 is 0 Å². The molecule has 1 atom stereocenters. The van der Waals surface area contributed by atoms with Gasteiger partial charge in [0.1, 0.15) is 5.78 Å². The lowest BCUT2D eigenvalue weighted by atomic mass is 9.72. The maximum atomic E-state index is 12.2. The first-order chi connectivity index (χ1) is 10.1. The van der Waals surface area contributed by atoms with Gasteiger partial charge < -0.3 is 4.74 Å². The Bertz CT molecular complexity index is 600. The minimum absolute atomic E-state index is 0.158. The van der Waals surface area contributed by atoms with Crippen molar-refractivity contribution in [1.29, 1.82) is 0 Å². The molecule has 1 aromatic rings. The number of benzene rings is 1. The van der Waals surface area contributed by atoms with Crippen LogP contribution in [0.4, 0.5) is 0 Å². The molecule has 0 radical (unpaired) electrons. The Hall–Kier alpha value is -1.74. The van der Waals surface area contributed by atoms with E-state index in [0.717, 1.165) is 23.1 Å². The Morgan fingerprint density at radius 3 is 2.57 bits per heavy atom. The molecule has 0 bridgehead atoms. The lowest BCUT2D eigenvalue weighted by molar-refractivity contribution is -0.125. The summed E-state index contributed by atoms with van der Waals surface area (Å²) in [5.41, 5.74) is 2.48. The molecule has 1 fully saturated rings. The van der Waals surface area contributed by atoms with Crippen molar-refractivity contribution in [2.24, 2.45) is 5.41 Å². The first-order valence-corrected chi connectivity index (χ1v) is 7.52. The number of hydrogen-bond donors (Lipinski definition) is 0. The molecule has 0 heterocycles. The molecule has 0 aromatic heterocycles. The number of fused-ring (bicyclic) bond motifs is 1. The lowest BCUT2D eigenvalue weighted by Gasteiger charge is -2.31. The number of ether oxygens (including phenoxy) is 1. The predicted molar refractivity (Wildman–Crippen MR) is 79.7 cm³/mol. The van der Waals surface area contributed by atoms with E-state index >= 15 is 0 Å². The van der Waals surface area contributed by atoms with E-state index in [2.05, 4.69) is 0 Å². The van der Waals surface area contributed by atoms with Gasteiger partial charge in [-0.05, 0) is 30.9 Å². The van der Waals surface area contributed by atoms with Crippen LogP contribution in [0.15, 0.2) is 41.5 Å². The normalized spacial score (nSPS) is 25.4. The van der Waals surface area contributed by atoms with Crippen molar-refractivity contribution in [3.05, 3.63) is 47.0 Å². The van der Waals surface area contributed by atoms with Crippen molar-refractivity contribution < 1.29 is 14.3 Å². The first kappa shape index (κ1) is 14.2. The van der Waals surface area contributed by atoms with Gasteiger partial charge in [0.2, 0.25) is 0 Å². The fourth-order valence-electron chi connectivity index (χ4n) is 3.43. The summed E-state index contributed by atoms with van der Waals surface area (Å²) in [6, 6.07) is 9.92. The van der Waals surface area contributed by atoms with Crippen LogP contribution in [0.3, 0.4) is 0 Å². The van der Waals surface area contributed by atoms with E-state index in [4.69, 9.17) is 4.74 Å². The van der Waals surface area contributed by atoms with Crippen molar-refractivity contribution in [3.8, 4) is 0 Å². The molecule has 2 aliphatic rings. The van der Waals surface area contributed by atoms with Crippen LogP contribution in [0, 0.1) is 5.41 Å². The van der Waals surface area contributed by atoms with E-state index < -0.39 is 5.41 Å². The summed E-state index contributed by atoms with van der Waals surface area (Å²) < 4.78 is 5.73. The van der Waals surface area contributed by atoms with Crippen LogP contribution in [0.1, 0.15) is 38.2 Å². The molecule has 0 saturated heterocycles. The first-order valence-electron chi connectivity index (χ1n) is 7.52. The highest BCUT2D eigenvalue weighted by atomic mass is 16.5. The second-order valence-corrected chi connectivity index (χ2v) is 6.11. The Morgan fingerprint density at radius 1 is 1.05 bits per heavy atom. The molecule has 3 rings (SSSR count). The topological polar surface area (TPSA) is 43.4 Å². The van der Waals surface area contributed by atoms with E-state index in [9.17, 15) is 9.59 Å². The molecule has 1 aromatic carbocycles. The Kier molecular flexibility index (Phi) is 3.77. The third-order valence-corrected chi connectivity index (χ3v) is 4.79. The zero-order valence-corrected chi connectivity index (χ0v) is 12.4. The van der Waals surface area contributed by atoms with Gasteiger partial charge >= 0.3 is 0 Å². The minimum atomic E-state index is -0.403. The van der Waals surface area contributed by atoms with E-state index in [1.54, 1.807) is 0 Å². The van der Waals surface area contributed by atoms with Crippen LogP contribution < -0.4 is 0 Å². The summed E-state index contributed by atoms with van der Waals surface area (Å²) >= 11 is 0. The molecule has 0 spiro atoms. The fraction of sp³-hybridized carbons (Fsp3) is 0.444. The quantitative estimate of drug-likeness (QED) is 0.852. The highest BCUT2D eigenvalue weighted by molar-refractivity contribution is 6.03. The number of carbonyl (C=O) groups is 2. The van der Waals surface area contributed by atoms with Gasteiger partial charge in [0.15, 0.2) is 5.78 Å². The van der Waals surface area contributed by atoms with E-state index in [-0.39, 0.29) is 11.6 Å². The molecule has 0 aliphatic heterocycles. The van der Waals surface area contributed by atoms with Crippen molar-refractivity contribution in [1.82, 2.24) is 0 Å². The molecular formula is C18H20O3. The van der Waals surface area contributed by atoms with Gasteiger partial charge in [0.05, 0.1) is 13.2 Å². The van der Waals surface area contributed by atoms with Crippen LogP contribution in [0.25, 0.3) is 0 Å². The largest absolute Gasteiger partial charge is 0.372 e. The second kappa shape index (κ2) is 5.57. The SMILES string of the molecule is C[C@@]12CCC(=O)C(COCc3ccccc3)=C1CCC2=O. The van der Waals surface area contributed by atoms with Crippen molar-refractivity contribution in [2.75, 3.05) is 6.61 Å². The summed E-state index contributed by atoms with van der Waals surface area (Å²) in [5, 5.41) is 0. The average molecular weight is 284 g/mol. The second-order valence-electron chi connectivity index (χ2n) is 6.11. The van der Waals surface area contributed by atoms with Crippen molar-refractivity contribution in [3.63, 3.8) is 0 Å². The third-order valence-electron chi connectivity index (χ3n) is 4.79. The zero-order valence-electron chi connectivity index (χ0n) is 12.4. The average Bonchev–Trinajstić information content (AvgIpc) is 2.79. The third kappa shape index (κ3) is 2.58. The predicted octanol–water partition coefficient (Wildman–Crippen LogP) is 3.23. The number of hydrogen-bond acceptors (Lipinski definition) is 3. The number of Topliss-reactive ketones (excluding diaryl/α,β-unsaturated/α-hetero) is 2. The van der Waals surface area contributed by atoms with Crippen LogP contribution in [-0.4, -0.2) is 18.2 Å². The Balaban J connectivity index is 1.74. The van der Waals surface area contributed by atoms with Gasteiger partial charge in [-0.1, -0.05) is 30.3 Å². The summed E-state index contributed by atoms with van der Waals surface area (Å²) in [5.74, 6) is 0.441. The van der Waals surface area contributed by atoms with Gasteiger partial charge in [-0.2, -0.15) is 0 Å². The number of rotatable bonds is 4. The Morgan fingerprint density at radius 2 is 1.81 bits per heavy atom. The van der Waals surface area contributed by atoms with E-state index in [1.807, 2.05) is 37.3 Å². The molecule has 0 unspecified atom stereocenters. The van der Waals surface area contributed by atoms with Crippen LogP contribution in [0.5, 0.6) is 0 Å². The molecule has 3 heteroatoms. The number of ketones is 2. The van der Waals surface area contributed by atoms with Crippen LogP contribution in [-0.2, 0) is 20.9 Å². The summed E-state index contributed by atoms with van der Waals surface area (Å²) in [6.45, 7) is 2.81. The molecule has 110 valence electrons. The molecule has 1 saturated carbocycles. The fourth-order valence-corrected chi connectivity index (χ4v) is 3.43. The number of carbonyl (C=O) groups excluding carboxylic acids is 2. The smallest absolute Gasteiger partial charge is 0.161 e. The van der Waals surface area contributed by atoms with Crippen LogP contribution in [0.2, 0.25) is 0 Å². The highest BCUT2D eigenvalue weighted by Crippen LogP contribution is 2.48. The molecule has 3 nitrogen and oxygen atoms in total. The van der Waals surface area contributed by atoms with Gasteiger partial charge in [0, 0.05) is 23.8 Å². The molecule has 21 heavy (non-hydrogen) atoms. The molecule has 2 aliphatic carbocycles. The van der Waals surface area contributed by atoms with Crippen molar-refractivity contribution in [2.45, 2.75) is 39.2 Å². The summed E-state index contributed by atoms with van der Waals surface area (Å²) in [7, 11) is 0. The highest BCUT2D eigenvalue weighted by Gasteiger charge is 2.46. The standard InChI is InChI=1S/C18H20O3/c1-18-10-9-16(19)14(15(18)7-8-17(18)20)12-21-11-13-5-3-2-4-6-13/h2-6H,7-12H2,1H3/t18-/m1/s1. The van der Waals surface area contributed by atoms with Gasteiger partial charge in [0.25, 0.3) is 0 Å². The maximum absolute atomic E-state index is 12.2. The lowest BCUT2D eigenvalue weighted by Crippen LogP contribution is -2.31. The molecule has 0 amide bonds. The molecular weight excluding hydrogens is 264 g/mol. The minimum Gasteiger partial charge on any atom is -0.372 e. The van der Waals surface area contributed by atoms with Gasteiger partial charge in [-0.15, -0.1) is 0 Å². The van der Waals surface area contributed by atoms with E-state index in [0.29, 0.717) is 32.5 Å². The maximum Gasteiger partial charge on any atom is 0.161 e. The summed E-state index contributed by atoms with van der Waals surface area (Å²) in [6.07, 6.45) is 2.43. The zero-order chi connectivity index (χ0) is 14.9. The monoisotopic (exact) mass is 284 g/mol. The van der Waals surface area contributed by atoms with Gasteiger partial charge in [-0.3, -0.25) is 9.59 Å². The van der Waals surface area contributed by atoms with Crippen molar-refractivity contribution >= 4 is 11.6 Å². The number of allylic oxidation sites excluding steroid dienone is 1. The molecule has 0 N–H and O–H groups in total. The summed E-state index contributed by atoms with van der Waals surface area (Å²) in [4.78, 5) is 24.3.